The predicted octanol–water partition coefficient (Wildman–Crippen LogP) is 3.53. The Morgan fingerprint density at radius 2 is 1.63 bits per heavy atom. The van der Waals surface area contributed by atoms with Gasteiger partial charge in [0.15, 0.2) is 0 Å². The molecular formula is C15H15ClO2S. The van der Waals surface area contributed by atoms with Crippen LogP contribution in [0.5, 0.6) is 0 Å². The molecule has 2 N–H and O–H groups in total. The molecule has 2 nitrogen and oxygen atoms in total. The monoisotopic (exact) mass is 294 g/mol. The molecule has 0 unspecified atom stereocenters. The number of halogens is 1. The number of hydrogen-bond acceptors (Lipinski definition) is 3. The van der Waals surface area contributed by atoms with E-state index >= 15 is 0 Å². The van der Waals surface area contributed by atoms with Gasteiger partial charge in [-0.3, -0.25) is 0 Å². The number of rotatable bonds is 5. The Hall–Kier alpha value is -1.00. The third kappa shape index (κ3) is 3.98. The zero-order valence-electron chi connectivity index (χ0n) is 10.2. The van der Waals surface area contributed by atoms with Crippen molar-refractivity contribution in [3.05, 3.63) is 65.2 Å². The summed E-state index contributed by atoms with van der Waals surface area (Å²) < 4.78 is 0. The number of thioether (sulfide) groups is 1. The Bertz CT molecular complexity index is 501. The standard InChI is InChI=1S/C15H15ClO2S/c16-12-6-8-13(9-7-12)19-15(14(18)10-17)11-4-2-1-3-5-11/h1-9,14-15,17-18H,10H2/t14-,15+/m0/s1. The van der Waals surface area contributed by atoms with Crippen molar-refractivity contribution in [3.63, 3.8) is 0 Å². The van der Waals surface area contributed by atoms with Crippen LogP contribution in [0, 0.1) is 0 Å². The summed E-state index contributed by atoms with van der Waals surface area (Å²) in [6, 6.07) is 17.1. The van der Waals surface area contributed by atoms with Crippen LogP contribution in [0.15, 0.2) is 59.5 Å². The largest absolute Gasteiger partial charge is 0.394 e. The van der Waals surface area contributed by atoms with Crippen LogP contribution < -0.4 is 0 Å². The summed E-state index contributed by atoms with van der Waals surface area (Å²) in [6.45, 7) is -0.264. The van der Waals surface area contributed by atoms with Crippen molar-refractivity contribution in [1.29, 1.82) is 0 Å². The topological polar surface area (TPSA) is 40.5 Å². The van der Waals surface area contributed by atoms with E-state index in [2.05, 4.69) is 0 Å². The fourth-order valence-corrected chi connectivity index (χ4v) is 3.02. The molecule has 0 saturated heterocycles. The second-order valence-corrected chi connectivity index (χ2v) is 5.80. The lowest BCUT2D eigenvalue weighted by Gasteiger charge is -2.21. The van der Waals surface area contributed by atoms with Crippen molar-refractivity contribution in [2.45, 2.75) is 16.2 Å². The summed E-state index contributed by atoms with van der Waals surface area (Å²) in [4.78, 5) is 1.01. The van der Waals surface area contributed by atoms with Crippen molar-refractivity contribution < 1.29 is 10.2 Å². The molecule has 0 heterocycles. The van der Waals surface area contributed by atoms with Gasteiger partial charge in [0.05, 0.1) is 18.0 Å². The summed E-state index contributed by atoms with van der Waals surface area (Å²) in [6.07, 6.45) is -0.803. The van der Waals surface area contributed by atoms with Gasteiger partial charge < -0.3 is 10.2 Å². The maximum Gasteiger partial charge on any atom is 0.0933 e. The summed E-state index contributed by atoms with van der Waals surface area (Å²) in [5.41, 5.74) is 0.990. The van der Waals surface area contributed by atoms with Gasteiger partial charge in [0.1, 0.15) is 0 Å². The van der Waals surface area contributed by atoms with Gasteiger partial charge in [-0.15, -0.1) is 11.8 Å². The van der Waals surface area contributed by atoms with Crippen LogP contribution in [-0.2, 0) is 0 Å². The second-order valence-electron chi connectivity index (χ2n) is 4.15. The van der Waals surface area contributed by atoms with Gasteiger partial charge in [-0.25, -0.2) is 0 Å². The molecule has 0 aliphatic rings. The molecule has 100 valence electrons. The Balaban J connectivity index is 2.21. The van der Waals surface area contributed by atoms with E-state index in [4.69, 9.17) is 11.6 Å². The number of hydrogen-bond donors (Lipinski definition) is 2. The molecule has 2 rings (SSSR count). The highest BCUT2D eigenvalue weighted by Crippen LogP contribution is 2.38. The van der Waals surface area contributed by atoms with E-state index < -0.39 is 6.10 Å². The highest BCUT2D eigenvalue weighted by Gasteiger charge is 2.21. The smallest absolute Gasteiger partial charge is 0.0933 e. The molecule has 2 aromatic carbocycles. The molecule has 0 aliphatic carbocycles. The first-order valence-corrected chi connectivity index (χ1v) is 7.22. The van der Waals surface area contributed by atoms with E-state index in [0.717, 1.165) is 10.5 Å². The molecule has 2 aromatic rings. The van der Waals surface area contributed by atoms with Gasteiger partial charge in [-0.2, -0.15) is 0 Å². The lowest BCUT2D eigenvalue weighted by atomic mass is 10.1. The second kappa shape index (κ2) is 6.96. The van der Waals surface area contributed by atoms with E-state index in [-0.39, 0.29) is 11.9 Å². The average molecular weight is 295 g/mol. The first-order chi connectivity index (χ1) is 9.20. The first-order valence-electron chi connectivity index (χ1n) is 5.97. The molecule has 0 bridgehead atoms. The van der Waals surface area contributed by atoms with Gasteiger partial charge in [0.25, 0.3) is 0 Å². The van der Waals surface area contributed by atoms with Gasteiger partial charge in [0.2, 0.25) is 0 Å². The van der Waals surface area contributed by atoms with Crippen molar-refractivity contribution in [2.24, 2.45) is 0 Å². The SMILES string of the molecule is OC[C@H](O)[C@H](Sc1ccc(Cl)cc1)c1ccccc1. The minimum Gasteiger partial charge on any atom is -0.394 e. The minimum absolute atomic E-state index is 0.202. The van der Waals surface area contributed by atoms with Crippen LogP contribution in [0.3, 0.4) is 0 Å². The Morgan fingerprint density at radius 1 is 1.00 bits per heavy atom. The number of aliphatic hydroxyl groups excluding tert-OH is 2. The van der Waals surface area contributed by atoms with Crippen LogP contribution in [0.4, 0.5) is 0 Å². The van der Waals surface area contributed by atoms with E-state index in [1.807, 2.05) is 54.6 Å². The van der Waals surface area contributed by atoms with Crippen molar-refractivity contribution >= 4 is 23.4 Å². The third-order valence-electron chi connectivity index (χ3n) is 2.74. The van der Waals surface area contributed by atoms with E-state index in [9.17, 15) is 10.2 Å². The van der Waals surface area contributed by atoms with Crippen molar-refractivity contribution in [2.75, 3.05) is 6.61 Å². The number of aliphatic hydroxyl groups is 2. The summed E-state index contributed by atoms with van der Waals surface area (Å²) in [7, 11) is 0. The molecule has 0 saturated carbocycles. The Kier molecular flexibility index (Phi) is 5.28. The highest BCUT2D eigenvalue weighted by molar-refractivity contribution is 7.99. The van der Waals surface area contributed by atoms with Crippen LogP contribution in [-0.4, -0.2) is 22.9 Å². The van der Waals surface area contributed by atoms with Crippen LogP contribution >= 0.6 is 23.4 Å². The van der Waals surface area contributed by atoms with E-state index in [1.54, 1.807) is 0 Å². The average Bonchev–Trinajstić information content (AvgIpc) is 2.47. The third-order valence-corrected chi connectivity index (χ3v) is 4.38. The molecule has 4 heteroatoms. The summed E-state index contributed by atoms with van der Waals surface area (Å²) in [5, 5.41) is 19.7. The fraction of sp³-hybridized carbons (Fsp3) is 0.200. The predicted molar refractivity (Wildman–Crippen MR) is 79.6 cm³/mol. The van der Waals surface area contributed by atoms with Gasteiger partial charge in [-0.1, -0.05) is 41.9 Å². The minimum atomic E-state index is -0.803. The fourth-order valence-electron chi connectivity index (χ4n) is 1.77. The van der Waals surface area contributed by atoms with Crippen LogP contribution in [0.1, 0.15) is 10.8 Å². The zero-order valence-corrected chi connectivity index (χ0v) is 11.8. The van der Waals surface area contributed by atoms with Gasteiger partial charge >= 0.3 is 0 Å². The van der Waals surface area contributed by atoms with Crippen molar-refractivity contribution in [1.82, 2.24) is 0 Å². The Morgan fingerprint density at radius 3 is 2.21 bits per heavy atom. The Labute approximate surface area is 122 Å². The lowest BCUT2D eigenvalue weighted by Crippen LogP contribution is -2.20. The summed E-state index contributed by atoms with van der Waals surface area (Å²) in [5.74, 6) is 0. The zero-order chi connectivity index (χ0) is 13.7. The van der Waals surface area contributed by atoms with E-state index in [1.165, 1.54) is 11.8 Å². The highest BCUT2D eigenvalue weighted by atomic mass is 35.5. The summed E-state index contributed by atoms with van der Waals surface area (Å²) >= 11 is 7.37. The maximum absolute atomic E-state index is 9.99. The molecular weight excluding hydrogens is 280 g/mol. The molecule has 19 heavy (non-hydrogen) atoms. The lowest BCUT2D eigenvalue weighted by molar-refractivity contribution is 0.0931. The first kappa shape index (κ1) is 14.4. The molecule has 0 fully saturated rings. The molecule has 0 amide bonds. The normalized spacial score (nSPS) is 14.1. The maximum atomic E-state index is 9.99. The number of benzene rings is 2. The van der Waals surface area contributed by atoms with Crippen LogP contribution in [0.2, 0.25) is 5.02 Å². The van der Waals surface area contributed by atoms with Crippen LogP contribution in [0.25, 0.3) is 0 Å². The quantitative estimate of drug-likeness (QED) is 0.829. The van der Waals surface area contributed by atoms with Gasteiger partial charge in [-0.05, 0) is 29.8 Å². The van der Waals surface area contributed by atoms with Crippen molar-refractivity contribution in [3.8, 4) is 0 Å². The van der Waals surface area contributed by atoms with E-state index in [0.29, 0.717) is 5.02 Å². The molecule has 0 radical (unpaired) electrons. The molecule has 2 atom stereocenters. The molecule has 0 spiro atoms. The molecule has 0 aromatic heterocycles. The van der Waals surface area contributed by atoms with Gasteiger partial charge in [0, 0.05) is 9.92 Å². The molecule has 0 aliphatic heterocycles.